The summed E-state index contributed by atoms with van der Waals surface area (Å²) in [4.78, 5) is 0. The van der Waals surface area contributed by atoms with Crippen molar-refractivity contribution in [3.8, 4) is 28.0 Å². The minimum atomic E-state index is -4.84. The molecule has 0 spiro atoms. The van der Waals surface area contributed by atoms with Crippen molar-refractivity contribution < 1.29 is 44.3 Å². The van der Waals surface area contributed by atoms with Gasteiger partial charge in [-0.2, -0.15) is 8.78 Å². The van der Waals surface area contributed by atoms with Crippen molar-refractivity contribution in [1.82, 2.24) is 0 Å². The first-order valence-corrected chi connectivity index (χ1v) is 13.2. The second-order valence-electron chi connectivity index (χ2n) is 10.3. The topological polar surface area (TPSA) is 9.23 Å². The van der Waals surface area contributed by atoms with E-state index in [4.69, 9.17) is 0 Å². The smallest absolute Gasteiger partial charge is 0.429 e. The number of hydrogen-bond donors (Lipinski definition) is 0. The SMILES string of the molecule is CCCCC1Cc2ccc(-c3cc(F)c(-c4cc(F)c(C(F)(F)Oc5cc(F)c(F)c(F)c5)c(F)c4)c(F)c3)cc2C1. The fourth-order valence-electron chi connectivity index (χ4n) is 5.39. The van der Waals surface area contributed by atoms with E-state index < -0.39 is 69.3 Å². The van der Waals surface area contributed by atoms with Gasteiger partial charge in [0, 0.05) is 12.1 Å². The molecule has 1 aliphatic carbocycles. The van der Waals surface area contributed by atoms with E-state index in [0.29, 0.717) is 11.5 Å². The number of fused-ring (bicyclic) bond motifs is 1. The predicted octanol–water partition coefficient (Wildman–Crippen LogP) is 10.0. The van der Waals surface area contributed by atoms with E-state index in [-0.39, 0.29) is 29.8 Å². The molecule has 5 rings (SSSR count). The molecular formula is C32H23F9O. The van der Waals surface area contributed by atoms with Crippen molar-refractivity contribution in [1.29, 1.82) is 0 Å². The summed E-state index contributed by atoms with van der Waals surface area (Å²) in [5, 5.41) is 0. The molecule has 220 valence electrons. The lowest BCUT2D eigenvalue weighted by Crippen LogP contribution is -2.25. The molecule has 1 atom stereocenters. The lowest BCUT2D eigenvalue weighted by Gasteiger charge is -2.20. The lowest BCUT2D eigenvalue weighted by atomic mass is 9.96. The summed E-state index contributed by atoms with van der Waals surface area (Å²) in [5.41, 5.74) is -0.540. The van der Waals surface area contributed by atoms with Crippen LogP contribution in [0.3, 0.4) is 0 Å². The van der Waals surface area contributed by atoms with Crippen LogP contribution in [0.5, 0.6) is 5.75 Å². The Morgan fingerprint density at radius 3 is 1.83 bits per heavy atom. The highest BCUT2D eigenvalue weighted by Gasteiger charge is 2.42. The number of hydrogen-bond acceptors (Lipinski definition) is 1. The molecule has 0 fully saturated rings. The highest BCUT2D eigenvalue weighted by atomic mass is 19.3. The monoisotopic (exact) mass is 594 g/mol. The van der Waals surface area contributed by atoms with Crippen molar-refractivity contribution in [2.45, 2.75) is 45.1 Å². The minimum Gasteiger partial charge on any atom is -0.429 e. The third-order valence-electron chi connectivity index (χ3n) is 7.39. The molecule has 42 heavy (non-hydrogen) atoms. The molecule has 0 aliphatic heterocycles. The van der Waals surface area contributed by atoms with Gasteiger partial charge in [0.1, 0.15) is 34.6 Å². The standard InChI is InChI=1S/C32H23F9O/c1-2-3-4-16-7-17-5-6-18(9-19(17)8-16)20-10-23(33)29(24(34)11-20)21-12-25(35)30(26(36)13-21)32(40,41)42-22-14-27(37)31(39)28(38)15-22/h5-6,9-16H,2-4,7-8H2,1H3. The van der Waals surface area contributed by atoms with E-state index in [2.05, 4.69) is 11.7 Å². The molecule has 0 saturated carbocycles. The van der Waals surface area contributed by atoms with Crippen molar-refractivity contribution in [3.05, 3.63) is 112 Å². The average Bonchev–Trinajstić information content (AvgIpc) is 3.31. The quantitative estimate of drug-likeness (QED) is 0.146. The highest BCUT2D eigenvalue weighted by molar-refractivity contribution is 5.73. The van der Waals surface area contributed by atoms with Crippen LogP contribution in [0.15, 0.2) is 54.6 Å². The van der Waals surface area contributed by atoms with Crippen molar-refractivity contribution in [2.75, 3.05) is 0 Å². The second kappa shape index (κ2) is 11.4. The number of rotatable bonds is 8. The molecule has 4 aromatic carbocycles. The van der Waals surface area contributed by atoms with Crippen molar-refractivity contribution >= 4 is 0 Å². The number of benzene rings is 4. The Hall–Kier alpha value is -3.95. The Balaban J connectivity index is 1.43. The summed E-state index contributed by atoms with van der Waals surface area (Å²) < 4.78 is 133. The maximum absolute atomic E-state index is 15.2. The van der Waals surface area contributed by atoms with E-state index in [0.717, 1.165) is 49.8 Å². The molecular weight excluding hydrogens is 571 g/mol. The third kappa shape index (κ3) is 5.71. The Morgan fingerprint density at radius 1 is 0.667 bits per heavy atom. The average molecular weight is 595 g/mol. The second-order valence-corrected chi connectivity index (χ2v) is 10.3. The summed E-state index contributed by atoms with van der Waals surface area (Å²) in [7, 11) is 0. The number of alkyl halides is 2. The van der Waals surface area contributed by atoms with Crippen LogP contribution in [0.25, 0.3) is 22.3 Å². The highest BCUT2D eigenvalue weighted by Crippen LogP contribution is 2.40. The van der Waals surface area contributed by atoms with Gasteiger partial charge in [0.25, 0.3) is 0 Å². The third-order valence-corrected chi connectivity index (χ3v) is 7.39. The molecule has 0 N–H and O–H groups in total. The summed E-state index contributed by atoms with van der Waals surface area (Å²) in [6, 6.07) is 8.20. The van der Waals surface area contributed by atoms with Crippen LogP contribution < -0.4 is 4.74 Å². The van der Waals surface area contributed by atoms with Gasteiger partial charge < -0.3 is 4.74 Å². The van der Waals surface area contributed by atoms with Crippen LogP contribution >= 0.6 is 0 Å². The maximum atomic E-state index is 15.2. The first kappa shape index (κ1) is 29.5. The van der Waals surface area contributed by atoms with Crippen molar-refractivity contribution in [3.63, 3.8) is 0 Å². The summed E-state index contributed by atoms with van der Waals surface area (Å²) in [6.45, 7) is 2.12. The van der Waals surface area contributed by atoms with Gasteiger partial charge in [-0.15, -0.1) is 0 Å². The summed E-state index contributed by atoms with van der Waals surface area (Å²) in [6.07, 6.45) is 0.251. The maximum Gasteiger partial charge on any atom is 0.432 e. The Kier molecular flexibility index (Phi) is 8.00. The number of unbranched alkanes of at least 4 members (excludes halogenated alkanes) is 1. The van der Waals surface area contributed by atoms with Gasteiger partial charge in [0.2, 0.25) is 0 Å². The van der Waals surface area contributed by atoms with Gasteiger partial charge in [-0.25, -0.2) is 30.7 Å². The lowest BCUT2D eigenvalue weighted by molar-refractivity contribution is -0.189. The first-order valence-electron chi connectivity index (χ1n) is 13.2. The number of halogens is 9. The summed E-state index contributed by atoms with van der Waals surface area (Å²) >= 11 is 0. The van der Waals surface area contributed by atoms with Crippen LogP contribution in [0, 0.1) is 46.6 Å². The van der Waals surface area contributed by atoms with Crippen molar-refractivity contribution in [2.24, 2.45) is 5.92 Å². The molecule has 0 aromatic heterocycles. The van der Waals surface area contributed by atoms with E-state index in [1.54, 1.807) is 6.07 Å². The Bertz CT molecular complexity index is 1600. The first-order chi connectivity index (χ1) is 19.9. The zero-order valence-corrected chi connectivity index (χ0v) is 22.1. The van der Waals surface area contributed by atoms with Gasteiger partial charge >= 0.3 is 6.11 Å². The van der Waals surface area contributed by atoms with E-state index >= 15 is 8.78 Å². The van der Waals surface area contributed by atoms with Gasteiger partial charge in [0.05, 0.1) is 5.56 Å². The van der Waals surface area contributed by atoms with Gasteiger partial charge in [-0.05, 0) is 77.3 Å². The van der Waals surface area contributed by atoms with E-state index in [9.17, 15) is 30.7 Å². The van der Waals surface area contributed by atoms with Gasteiger partial charge in [-0.3, -0.25) is 0 Å². The molecule has 4 aromatic rings. The van der Waals surface area contributed by atoms with E-state index in [1.807, 2.05) is 12.1 Å². The van der Waals surface area contributed by atoms with Crippen LogP contribution in [-0.4, -0.2) is 0 Å². The van der Waals surface area contributed by atoms with Crippen LogP contribution in [0.4, 0.5) is 39.5 Å². The molecule has 0 heterocycles. The molecule has 0 saturated heterocycles. The van der Waals surface area contributed by atoms with Crippen LogP contribution in [0.2, 0.25) is 0 Å². The predicted molar refractivity (Wildman–Crippen MR) is 138 cm³/mol. The normalized spacial score (nSPS) is 14.8. The minimum absolute atomic E-state index is 0.0641. The molecule has 0 amide bonds. The number of ether oxygens (including phenoxy) is 1. The van der Waals surface area contributed by atoms with Crippen LogP contribution in [0.1, 0.15) is 42.9 Å². The fourth-order valence-corrected chi connectivity index (χ4v) is 5.39. The fraction of sp³-hybridized carbons (Fsp3) is 0.250. The molecule has 10 heteroatoms. The summed E-state index contributed by atoms with van der Waals surface area (Å²) in [5.74, 6) is -12.7. The largest absolute Gasteiger partial charge is 0.432 e. The molecule has 1 nitrogen and oxygen atoms in total. The Morgan fingerprint density at radius 2 is 1.24 bits per heavy atom. The van der Waals surface area contributed by atoms with Crippen LogP contribution in [-0.2, 0) is 19.0 Å². The molecule has 1 aliphatic rings. The molecule has 0 bridgehead atoms. The van der Waals surface area contributed by atoms with Gasteiger partial charge in [-0.1, -0.05) is 38.0 Å². The molecule has 0 radical (unpaired) electrons. The zero-order chi connectivity index (χ0) is 30.3. The van der Waals surface area contributed by atoms with Gasteiger partial charge in [0.15, 0.2) is 17.5 Å². The Labute approximate surface area is 235 Å². The van der Waals surface area contributed by atoms with E-state index in [1.165, 1.54) is 5.56 Å². The molecule has 1 unspecified atom stereocenters. The zero-order valence-electron chi connectivity index (χ0n) is 22.1.